The Hall–Kier alpha value is -3.11. The third-order valence-corrected chi connectivity index (χ3v) is 6.56. The maximum atomic E-state index is 13.9. The van der Waals surface area contributed by atoms with Gasteiger partial charge in [0.25, 0.3) is 11.5 Å². The number of amides is 1. The molecule has 2 heterocycles. The molecule has 0 bridgehead atoms. The number of nitrogens with zero attached hydrogens (tertiary/aromatic N) is 3. The smallest absolute Gasteiger partial charge is 0.349 e. The fourth-order valence-corrected chi connectivity index (χ4v) is 4.37. The predicted molar refractivity (Wildman–Crippen MR) is 122 cm³/mol. The molecule has 1 aliphatic rings. The van der Waals surface area contributed by atoms with E-state index in [1.165, 1.54) is 12.3 Å². The summed E-state index contributed by atoms with van der Waals surface area (Å²) in [4.78, 5) is 42.3. The van der Waals surface area contributed by atoms with Crippen LogP contribution in [-0.2, 0) is 5.41 Å². The number of rotatable bonds is 5. The Morgan fingerprint density at radius 2 is 1.76 bits per heavy atom. The molecule has 1 aliphatic carbocycles. The van der Waals surface area contributed by atoms with Crippen LogP contribution in [0.15, 0.2) is 52.3 Å². The molecule has 0 radical (unpaired) electrons. The first kappa shape index (κ1) is 24.0. The second-order valence-corrected chi connectivity index (χ2v) is 9.00. The summed E-state index contributed by atoms with van der Waals surface area (Å²) in [5.41, 5.74) is -1.32. The van der Waals surface area contributed by atoms with E-state index in [-0.39, 0.29) is 48.6 Å². The fraction of sp³-hybridized carbons (Fsp3) is 0.318. The Labute approximate surface area is 201 Å². The molecule has 2 aromatic heterocycles. The van der Waals surface area contributed by atoms with Gasteiger partial charge < -0.3 is 5.32 Å². The molecular weight excluding hydrogens is 491 g/mol. The number of nitrogens with one attached hydrogen (secondary N) is 2. The number of carbonyl (C=O) groups excluding carboxylic acids is 1. The summed E-state index contributed by atoms with van der Waals surface area (Å²) in [5, 5.41) is 6.92. The van der Waals surface area contributed by atoms with E-state index in [9.17, 15) is 23.2 Å². The van der Waals surface area contributed by atoms with Crippen LogP contribution in [0.5, 0.6) is 0 Å². The maximum absolute atomic E-state index is 13.9. The molecule has 2 N–H and O–H groups in total. The number of hydrogen-bond donors (Lipinski definition) is 2. The molecule has 1 fully saturated rings. The highest BCUT2D eigenvalue weighted by Gasteiger charge is 2.44. The minimum Gasteiger partial charge on any atom is -0.351 e. The van der Waals surface area contributed by atoms with Crippen molar-refractivity contribution in [3.05, 3.63) is 84.9 Å². The molecule has 0 saturated heterocycles. The van der Waals surface area contributed by atoms with Crippen molar-refractivity contribution < 1.29 is 13.6 Å². The van der Waals surface area contributed by atoms with E-state index in [1.54, 1.807) is 24.3 Å². The molecule has 178 valence electrons. The zero-order chi connectivity index (χ0) is 24.5. The first-order valence-electron chi connectivity index (χ1n) is 10.4. The Balaban J connectivity index is 1.60. The fourth-order valence-electron chi connectivity index (χ4n) is 4.06. The van der Waals surface area contributed by atoms with Gasteiger partial charge in [-0.15, -0.1) is 0 Å². The molecule has 8 nitrogen and oxygen atoms in total. The quantitative estimate of drug-likeness (QED) is 0.511. The van der Waals surface area contributed by atoms with E-state index in [0.29, 0.717) is 5.02 Å². The topological polar surface area (TPSA) is 110 Å². The molecule has 12 heteroatoms. The number of benzene rings is 1. The van der Waals surface area contributed by atoms with Gasteiger partial charge in [0.15, 0.2) is 0 Å². The summed E-state index contributed by atoms with van der Waals surface area (Å²) < 4.78 is 28.7. The summed E-state index contributed by atoms with van der Waals surface area (Å²) in [7, 11) is 0. The minimum absolute atomic E-state index is 0.0357. The average molecular weight is 510 g/mol. The van der Waals surface area contributed by atoms with Gasteiger partial charge in [0.2, 0.25) is 5.92 Å². The van der Waals surface area contributed by atoms with Crippen LogP contribution < -0.4 is 16.6 Å². The van der Waals surface area contributed by atoms with Gasteiger partial charge in [0.1, 0.15) is 11.3 Å². The van der Waals surface area contributed by atoms with Crippen LogP contribution >= 0.6 is 23.2 Å². The standard InChI is InChI=1S/C22H19Cl2F2N5O3/c23-14-3-1-13(2-4-14)21(5-7-22(25,26)8-6-21)12-28-19(33)16-9-15(10-27-18(16)24)31-20(34)30-17(32)11-29-31/h1-4,9-11H,5-8,12H2,(H,28,33)(H,30,32,34). The van der Waals surface area contributed by atoms with Crippen LogP contribution in [0.1, 0.15) is 41.6 Å². The zero-order valence-corrected chi connectivity index (χ0v) is 19.2. The van der Waals surface area contributed by atoms with Crippen molar-refractivity contribution in [2.75, 3.05) is 6.54 Å². The zero-order valence-electron chi connectivity index (χ0n) is 17.7. The summed E-state index contributed by atoms with van der Waals surface area (Å²) >= 11 is 12.1. The Morgan fingerprint density at radius 1 is 1.09 bits per heavy atom. The van der Waals surface area contributed by atoms with Gasteiger partial charge in [0.05, 0.1) is 17.4 Å². The van der Waals surface area contributed by atoms with E-state index in [1.807, 2.05) is 0 Å². The van der Waals surface area contributed by atoms with E-state index >= 15 is 0 Å². The molecule has 0 unspecified atom stereocenters. The molecule has 1 amide bonds. The van der Waals surface area contributed by atoms with Crippen LogP contribution in [-0.4, -0.2) is 38.1 Å². The van der Waals surface area contributed by atoms with Gasteiger partial charge in [-0.2, -0.15) is 9.78 Å². The van der Waals surface area contributed by atoms with E-state index in [4.69, 9.17) is 23.2 Å². The van der Waals surface area contributed by atoms with Gasteiger partial charge in [-0.25, -0.2) is 18.6 Å². The summed E-state index contributed by atoms with van der Waals surface area (Å²) in [6, 6.07) is 8.24. The number of halogens is 4. The van der Waals surface area contributed by atoms with Crippen molar-refractivity contribution in [3.63, 3.8) is 0 Å². The highest BCUT2D eigenvalue weighted by atomic mass is 35.5. The van der Waals surface area contributed by atoms with Gasteiger partial charge in [0, 0.05) is 29.8 Å². The molecule has 1 aromatic carbocycles. The number of carbonyl (C=O) groups is 1. The Morgan fingerprint density at radius 3 is 2.41 bits per heavy atom. The third kappa shape index (κ3) is 5.02. The lowest BCUT2D eigenvalue weighted by atomic mass is 9.68. The molecular formula is C22H19Cl2F2N5O3. The van der Waals surface area contributed by atoms with Crippen LogP contribution in [0, 0.1) is 0 Å². The number of alkyl halides is 2. The summed E-state index contributed by atoms with van der Waals surface area (Å²) in [6.45, 7) is 0.0843. The maximum Gasteiger partial charge on any atom is 0.349 e. The van der Waals surface area contributed by atoms with E-state index in [0.717, 1.165) is 16.4 Å². The van der Waals surface area contributed by atoms with Gasteiger partial charge >= 0.3 is 5.69 Å². The lowest BCUT2D eigenvalue weighted by Crippen LogP contribution is -2.45. The second-order valence-electron chi connectivity index (χ2n) is 8.21. The summed E-state index contributed by atoms with van der Waals surface area (Å²) in [5.74, 6) is -3.35. The molecule has 4 rings (SSSR count). The number of pyridine rings is 1. The largest absolute Gasteiger partial charge is 0.351 e. The monoisotopic (exact) mass is 509 g/mol. The summed E-state index contributed by atoms with van der Waals surface area (Å²) in [6.07, 6.45) is 1.87. The normalized spacial score (nSPS) is 16.7. The van der Waals surface area contributed by atoms with Crippen LogP contribution in [0.25, 0.3) is 5.69 Å². The highest BCUT2D eigenvalue weighted by Crippen LogP contribution is 2.45. The number of aromatic nitrogens is 4. The van der Waals surface area contributed by atoms with Crippen LogP contribution in [0.4, 0.5) is 8.78 Å². The first-order valence-corrected chi connectivity index (χ1v) is 11.1. The minimum atomic E-state index is -2.75. The highest BCUT2D eigenvalue weighted by molar-refractivity contribution is 6.32. The van der Waals surface area contributed by atoms with Crippen molar-refractivity contribution in [2.24, 2.45) is 0 Å². The van der Waals surface area contributed by atoms with Crippen LogP contribution in [0.3, 0.4) is 0 Å². The van der Waals surface area contributed by atoms with Crippen molar-refractivity contribution in [1.82, 2.24) is 25.1 Å². The number of hydrogen-bond acceptors (Lipinski definition) is 5. The lowest BCUT2D eigenvalue weighted by molar-refractivity contribution is -0.0516. The van der Waals surface area contributed by atoms with Gasteiger partial charge in [-0.3, -0.25) is 14.6 Å². The van der Waals surface area contributed by atoms with E-state index in [2.05, 4.69) is 20.4 Å². The van der Waals surface area contributed by atoms with Crippen molar-refractivity contribution >= 4 is 29.1 Å². The van der Waals surface area contributed by atoms with E-state index < -0.39 is 28.5 Å². The first-order chi connectivity index (χ1) is 16.1. The second kappa shape index (κ2) is 9.27. The van der Waals surface area contributed by atoms with Crippen molar-refractivity contribution in [1.29, 1.82) is 0 Å². The SMILES string of the molecule is O=C(NCC1(c2ccc(Cl)cc2)CCC(F)(F)CC1)c1cc(-n2ncc(=O)[nH]c2=O)cnc1Cl. The predicted octanol–water partition coefficient (Wildman–Crippen LogP) is 3.50. The van der Waals surface area contributed by atoms with Gasteiger partial charge in [-0.05, 0) is 36.6 Å². The number of H-pyrrole nitrogens is 1. The van der Waals surface area contributed by atoms with Crippen molar-refractivity contribution in [2.45, 2.75) is 37.0 Å². The number of aromatic amines is 1. The lowest BCUT2D eigenvalue weighted by Gasteiger charge is -2.40. The Bertz CT molecular complexity index is 1330. The molecule has 0 atom stereocenters. The third-order valence-electron chi connectivity index (χ3n) is 6.01. The average Bonchev–Trinajstić information content (AvgIpc) is 2.80. The molecule has 0 spiro atoms. The molecule has 1 saturated carbocycles. The Kier molecular flexibility index (Phi) is 6.55. The van der Waals surface area contributed by atoms with Gasteiger partial charge in [-0.1, -0.05) is 35.3 Å². The molecule has 34 heavy (non-hydrogen) atoms. The van der Waals surface area contributed by atoms with Crippen molar-refractivity contribution in [3.8, 4) is 5.69 Å². The van der Waals surface area contributed by atoms with Crippen LogP contribution in [0.2, 0.25) is 10.2 Å². The molecule has 3 aromatic rings. The molecule has 0 aliphatic heterocycles.